The van der Waals surface area contributed by atoms with Crippen LogP contribution in [0.4, 0.5) is 0 Å². The van der Waals surface area contributed by atoms with Crippen molar-refractivity contribution in [3.8, 4) is 0 Å². The van der Waals surface area contributed by atoms with E-state index in [0.29, 0.717) is 0 Å². The number of carbonyl (C=O) groups is 1. The van der Waals surface area contributed by atoms with Crippen LogP contribution in [0.15, 0.2) is 30.3 Å². The standard InChI is InChI=1S/C9H7Br3O2/c10-9(11,12)7(8(13)14)6-4-2-1-3-5-6/h1-5,7H,(H,13,14). The van der Waals surface area contributed by atoms with E-state index in [1.54, 1.807) is 12.1 Å². The zero-order valence-electron chi connectivity index (χ0n) is 6.95. The van der Waals surface area contributed by atoms with E-state index in [4.69, 9.17) is 5.11 Å². The van der Waals surface area contributed by atoms with Crippen molar-refractivity contribution in [2.45, 2.75) is 8.06 Å². The Balaban J connectivity index is 3.08. The van der Waals surface area contributed by atoms with Crippen molar-refractivity contribution in [1.29, 1.82) is 0 Å². The number of hydrogen-bond acceptors (Lipinski definition) is 1. The highest BCUT2D eigenvalue weighted by Crippen LogP contribution is 2.46. The molecule has 0 radical (unpaired) electrons. The van der Waals surface area contributed by atoms with Gasteiger partial charge < -0.3 is 5.11 Å². The molecule has 0 aliphatic carbocycles. The topological polar surface area (TPSA) is 37.3 Å². The van der Waals surface area contributed by atoms with Gasteiger partial charge in [0.25, 0.3) is 0 Å². The Morgan fingerprint density at radius 2 is 1.71 bits per heavy atom. The third-order valence-corrected chi connectivity index (χ3v) is 3.08. The minimum atomic E-state index is -0.901. The van der Waals surface area contributed by atoms with Crippen LogP contribution in [0.1, 0.15) is 11.5 Å². The van der Waals surface area contributed by atoms with Gasteiger partial charge in [-0.05, 0) is 5.56 Å². The Kier molecular flexibility index (Phi) is 4.15. The molecule has 0 amide bonds. The highest BCUT2D eigenvalue weighted by molar-refractivity contribution is 9.39. The molecule has 14 heavy (non-hydrogen) atoms. The number of carboxylic acid groups (broad SMARTS) is 1. The fourth-order valence-electron chi connectivity index (χ4n) is 1.12. The van der Waals surface area contributed by atoms with Gasteiger partial charge in [-0.25, -0.2) is 0 Å². The van der Waals surface area contributed by atoms with E-state index in [9.17, 15) is 4.79 Å². The Bertz CT molecular complexity index is 319. The Hall–Kier alpha value is 0.130. The largest absolute Gasteiger partial charge is 0.481 e. The van der Waals surface area contributed by atoms with Crippen LogP contribution >= 0.6 is 47.8 Å². The quantitative estimate of drug-likeness (QED) is 0.787. The maximum absolute atomic E-state index is 11.1. The molecule has 0 spiro atoms. The van der Waals surface area contributed by atoms with E-state index in [2.05, 4.69) is 47.8 Å². The summed E-state index contributed by atoms with van der Waals surface area (Å²) in [5, 5.41) is 9.07. The van der Waals surface area contributed by atoms with Crippen molar-refractivity contribution in [1.82, 2.24) is 0 Å². The SMILES string of the molecule is O=C(O)C(c1ccccc1)C(Br)(Br)Br. The van der Waals surface area contributed by atoms with Gasteiger partial charge in [0.1, 0.15) is 5.92 Å². The molecule has 1 unspecified atom stereocenters. The van der Waals surface area contributed by atoms with Gasteiger partial charge in [-0.3, -0.25) is 4.79 Å². The first-order valence-electron chi connectivity index (χ1n) is 3.77. The lowest BCUT2D eigenvalue weighted by Gasteiger charge is -2.21. The third-order valence-electron chi connectivity index (χ3n) is 1.71. The molecule has 0 saturated heterocycles. The molecule has 0 saturated carbocycles. The van der Waals surface area contributed by atoms with Crippen molar-refractivity contribution in [2.24, 2.45) is 0 Å². The fourth-order valence-corrected chi connectivity index (χ4v) is 2.50. The van der Waals surface area contributed by atoms with E-state index in [-0.39, 0.29) is 0 Å². The zero-order valence-corrected chi connectivity index (χ0v) is 11.7. The van der Waals surface area contributed by atoms with Crippen LogP contribution in [-0.4, -0.2) is 13.2 Å². The number of hydrogen-bond donors (Lipinski definition) is 1. The predicted octanol–water partition coefficient (Wildman–Crippen LogP) is 3.69. The van der Waals surface area contributed by atoms with Crippen LogP contribution in [0, 0.1) is 0 Å². The van der Waals surface area contributed by atoms with Gasteiger partial charge in [0.15, 0.2) is 2.14 Å². The fraction of sp³-hybridized carbons (Fsp3) is 0.222. The Morgan fingerprint density at radius 3 is 2.07 bits per heavy atom. The second-order valence-corrected chi connectivity index (χ2v) is 9.67. The van der Waals surface area contributed by atoms with Crippen molar-refractivity contribution < 1.29 is 9.90 Å². The molecular formula is C9H7Br3O2. The molecule has 0 fully saturated rings. The van der Waals surface area contributed by atoms with Crippen LogP contribution in [0.5, 0.6) is 0 Å². The molecule has 0 heterocycles. The van der Waals surface area contributed by atoms with Gasteiger partial charge in [0.2, 0.25) is 0 Å². The van der Waals surface area contributed by atoms with Crippen molar-refractivity contribution in [2.75, 3.05) is 0 Å². The molecule has 1 N–H and O–H groups in total. The van der Waals surface area contributed by atoms with Crippen LogP contribution in [-0.2, 0) is 4.79 Å². The first-order valence-corrected chi connectivity index (χ1v) is 6.15. The van der Waals surface area contributed by atoms with Gasteiger partial charge >= 0.3 is 5.97 Å². The number of aliphatic carboxylic acids is 1. The molecular weight excluding hydrogens is 380 g/mol. The van der Waals surface area contributed by atoms with Crippen LogP contribution < -0.4 is 0 Å². The molecule has 1 aromatic carbocycles. The number of halogens is 3. The first-order chi connectivity index (χ1) is 6.43. The number of carboxylic acids is 1. The van der Waals surface area contributed by atoms with Crippen LogP contribution in [0.25, 0.3) is 0 Å². The van der Waals surface area contributed by atoms with E-state index >= 15 is 0 Å². The molecule has 76 valence electrons. The lowest BCUT2D eigenvalue weighted by Crippen LogP contribution is -2.24. The molecule has 5 heteroatoms. The number of rotatable bonds is 2. The smallest absolute Gasteiger partial charge is 0.314 e. The van der Waals surface area contributed by atoms with Gasteiger partial charge in [-0.1, -0.05) is 78.1 Å². The second kappa shape index (κ2) is 4.77. The summed E-state index contributed by atoms with van der Waals surface area (Å²) in [4.78, 5) is 11.1. The average molecular weight is 387 g/mol. The molecule has 1 rings (SSSR count). The Morgan fingerprint density at radius 1 is 1.21 bits per heavy atom. The van der Waals surface area contributed by atoms with E-state index < -0.39 is 14.0 Å². The van der Waals surface area contributed by atoms with Crippen molar-refractivity contribution >= 4 is 53.8 Å². The summed E-state index contributed by atoms with van der Waals surface area (Å²) in [5.74, 6) is -1.59. The summed E-state index contributed by atoms with van der Waals surface area (Å²) in [6.07, 6.45) is 0. The third kappa shape index (κ3) is 3.07. The highest BCUT2D eigenvalue weighted by Gasteiger charge is 2.37. The molecule has 0 aliphatic heterocycles. The summed E-state index contributed by atoms with van der Waals surface area (Å²) in [5.41, 5.74) is 0.727. The van der Waals surface area contributed by atoms with Gasteiger partial charge in [-0.2, -0.15) is 0 Å². The van der Waals surface area contributed by atoms with Crippen LogP contribution in [0.3, 0.4) is 0 Å². The summed E-state index contributed by atoms with van der Waals surface area (Å²) in [6.45, 7) is 0. The molecule has 0 bridgehead atoms. The van der Waals surface area contributed by atoms with Gasteiger partial charge in [0.05, 0.1) is 0 Å². The zero-order chi connectivity index (χ0) is 10.8. The van der Waals surface area contributed by atoms with E-state index in [1.807, 2.05) is 18.2 Å². The minimum absolute atomic E-state index is 0.691. The molecule has 0 aromatic heterocycles. The highest BCUT2D eigenvalue weighted by atomic mass is 80.0. The minimum Gasteiger partial charge on any atom is -0.481 e. The first kappa shape index (κ1) is 12.2. The summed E-state index contributed by atoms with van der Waals surface area (Å²) in [6, 6.07) is 9.02. The second-order valence-electron chi connectivity index (χ2n) is 2.72. The Labute approximate surface area is 107 Å². The summed E-state index contributed by atoms with van der Waals surface area (Å²) >= 11 is 9.70. The molecule has 1 aromatic rings. The lowest BCUT2D eigenvalue weighted by atomic mass is 10.0. The maximum atomic E-state index is 11.1. The lowest BCUT2D eigenvalue weighted by molar-refractivity contribution is -0.138. The van der Waals surface area contributed by atoms with Crippen molar-refractivity contribution in [3.63, 3.8) is 0 Å². The molecule has 0 aliphatic rings. The number of alkyl halides is 3. The predicted molar refractivity (Wildman–Crippen MR) is 66.3 cm³/mol. The normalized spacial score (nSPS) is 13.6. The monoisotopic (exact) mass is 384 g/mol. The number of benzene rings is 1. The molecule has 1 atom stereocenters. The van der Waals surface area contributed by atoms with Crippen molar-refractivity contribution in [3.05, 3.63) is 35.9 Å². The molecule has 2 nitrogen and oxygen atoms in total. The van der Waals surface area contributed by atoms with E-state index in [1.165, 1.54) is 0 Å². The average Bonchev–Trinajstić information content (AvgIpc) is 2.02. The van der Waals surface area contributed by atoms with E-state index in [0.717, 1.165) is 5.56 Å². The van der Waals surface area contributed by atoms with Gasteiger partial charge in [0, 0.05) is 0 Å². The van der Waals surface area contributed by atoms with Crippen LogP contribution in [0.2, 0.25) is 0 Å². The summed E-state index contributed by atoms with van der Waals surface area (Å²) < 4.78 is -0.819. The van der Waals surface area contributed by atoms with Gasteiger partial charge in [-0.15, -0.1) is 0 Å². The summed E-state index contributed by atoms with van der Waals surface area (Å²) in [7, 11) is 0. The maximum Gasteiger partial charge on any atom is 0.314 e.